The molecule has 0 heterocycles. The number of carbonyl (C=O) groups is 2. The van der Waals surface area contributed by atoms with Crippen LogP contribution in [0.5, 0.6) is 0 Å². The molecule has 2 amide bonds. The summed E-state index contributed by atoms with van der Waals surface area (Å²) in [6.45, 7) is 3.74. The fourth-order valence-corrected chi connectivity index (χ4v) is 3.31. The number of rotatable bonds is 6. The number of halogens is 2. The molecule has 0 aliphatic rings. The fourth-order valence-electron chi connectivity index (χ4n) is 3.06. The molecule has 0 aromatic heterocycles. The number of non-ortho nitro benzene ring substituents is 1. The minimum atomic E-state index is -0.743. The number of carbonyl (C=O) groups excluding carboxylic acids is 2. The van der Waals surface area contributed by atoms with E-state index in [0.717, 1.165) is 23.3 Å². The summed E-state index contributed by atoms with van der Waals surface area (Å²) in [5.74, 6) is -2.01. The van der Waals surface area contributed by atoms with Gasteiger partial charge >= 0.3 is 0 Å². The van der Waals surface area contributed by atoms with E-state index in [-0.39, 0.29) is 22.0 Å². The summed E-state index contributed by atoms with van der Waals surface area (Å²) in [5.41, 5.74) is 2.28. The smallest absolute Gasteiger partial charge is 0.272 e. The quantitative estimate of drug-likeness (QED) is 0.287. The van der Waals surface area contributed by atoms with Gasteiger partial charge in [-0.05, 0) is 55.3 Å². The van der Waals surface area contributed by atoms with Gasteiger partial charge in [-0.15, -0.1) is 0 Å². The maximum absolute atomic E-state index is 13.4. The minimum absolute atomic E-state index is 0.0395. The number of aryl methyl sites for hydroxylation is 2. The minimum Gasteiger partial charge on any atom is -0.320 e. The normalized spacial score (nSPS) is 11.1. The van der Waals surface area contributed by atoms with Crippen LogP contribution in [0.3, 0.4) is 0 Å². The average Bonchev–Trinajstić information content (AvgIpc) is 2.75. The Labute approximate surface area is 194 Å². The second-order valence-electron chi connectivity index (χ2n) is 7.26. The van der Waals surface area contributed by atoms with E-state index in [9.17, 15) is 24.1 Å². The summed E-state index contributed by atoms with van der Waals surface area (Å²) in [6, 6.07) is 14.3. The molecular weight excluding hydrogens is 449 g/mol. The van der Waals surface area contributed by atoms with Gasteiger partial charge in [0.05, 0.1) is 15.5 Å². The predicted octanol–water partition coefficient (Wildman–Crippen LogP) is 5.41. The number of amides is 2. The van der Waals surface area contributed by atoms with Gasteiger partial charge in [0.2, 0.25) is 0 Å². The van der Waals surface area contributed by atoms with Crippen molar-refractivity contribution in [2.45, 2.75) is 13.8 Å². The second kappa shape index (κ2) is 10.1. The van der Waals surface area contributed by atoms with Crippen LogP contribution >= 0.6 is 11.6 Å². The van der Waals surface area contributed by atoms with Gasteiger partial charge in [0.25, 0.3) is 17.5 Å². The maximum atomic E-state index is 13.4. The van der Waals surface area contributed by atoms with Crippen molar-refractivity contribution in [3.8, 4) is 0 Å². The molecule has 0 saturated carbocycles. The van der Waals surface area contributed by atoms with Crippen molar-refractivity contribution >= 4 is 40.9 Å². The van der Waals surface area contributed by atoms with Crippen LogP contribution < -0.4 is 10.6 Å². The molecule has 0 aliphatic carbocycles. The number of hydrogen-bond donors (Lipinski definition) is 2. The number of benzene rings is 3. The molecule has 0 saturated heterocycles. The van der Waals surface area contributed by atoms with E-state index >= 15 is 0 Å². The van der Waals surface area contributed by atoms with Crippen LogP contribution in [0.25, 0.3) is 6.08 Å². The molecule has 3 aromatic carbocycles. The molecule has 0 atom stereocenters. The highest BCUT2D eigenvalue weighted by molar-refractivity contribution is 6.34. The number of nitrogens with zero attached hydrogens (tertiary/aromatic N) is 1. The lowest BCUT2D eigenvalue weighted by Gasteiger charge is -2.13. The van der Waals surface area contributed by atoms with E-state index in [1.54, 1.807) is 12.1 Å². The topological polar surface area (TPSA) is 101 Å². The van der Waals surface area contributed by atoms with Gasteiger partial charge in [-0.2, -0.15) is 0 Å². The van der Waals surface area contributed by atoms with Gasteiger partial charge in [0, 0.05) is 17.8 Å². The van der Waals surface area contributed by atoms with Gasteiger partial charge in [-0.25, -0.2) is 4.39 Å². The van der Waals surface area contributed by atoms with Crippen molar-refractivity contribution in [1.82, 2.24) is 5.32 Å². The first kappa shape index (κ1) is 23.6. The summed E-state index contributed by atoms with van der Waals surface area (Å²) in [6.07, 6.45) is 1.31. The molecule has 0 spiro atoms. The van der Waals surface area contributed by atoms with Gasteiger partial charge < -0.3 is 10.6 Å². The zero-order valence-electron chi connectivity index (χ0n) is 17.7. The van der Waals surface area contributed by atoms with Crippen molar-refractivity contribution in [2.75, 3.05) is 5.32 Å². The Kier molecular flexibility index (Phi) is 7.20. The first-order valence-electron chi connectivity index (χ1n) is 9.75. The standard InChI is InChI=1S/C24H19ClFN3O4/c1-14-6-9-21(15(2)10-14)27-24(31)22(12-16-4-3-5-18(11-16)29(32)33)28-23(30)19-8-7-17(26)13-20(19)25/h3-13H,1-2H3,(H,27,31)(H,28,30)/b22-12-. The van der Waals surface area contributed by atoms with Gasteiger partial charge in [-0.1, -0.05) is 41.4 Å². The zero-order chi connectivity index (χ0) is 24.1. The van der Waals surface area contributed by atoms with Crippen LogP contribution in [0.1, 0.15) is 27.0 Å². The average molecular weight is 468 g/mol. The SMILES string of the molecule is Cc1ccc(NC(=O)/C(=C/c2cccc([N+](=O)[O-])c2)NC(=O)c2ccc(F)cc2Cl)c(C)c1. The highest BCUT2D eigenvalue weighted by Gasteiger charge is 2.18. The summed E-state index contributed by atoms with van der Waals surface area (Å²) in [7, 11) is 0. The van der Waals surface area contributed by atoms with Crippen LogP contribution in [-0.2, 0) is 4.79 Å². The summed E-state index contributed by atoms with van der Waals surface area (Å²) >= 11 is 5.97. The van der Waals surface area contributed by atoms with Crippen molar-refractivity contribution < 1.29 is 18.9 Å². The van der Waals surface area contributed by atoms with E-state index in [4.69, 9.17) is 11.6 Å². The molecule has 0 unspecified atom stereocenters. The fraction of sp³-hybridized carbons (Fsp3) is 0.0833. The molecule has 9 heteroatoms. The lowest BCUT2D eigenvalue weighted by atomic mass is 10.1. The van der Waals surface area contributed by atoms with Gasteiger partial charge in [0.1, 0.15) is 11.5 Å². The molecule has 0 radical (unpaired) electrons. The number of nitro benzene ring substituents is 1. The Hall–Kier alpha value is -4.04. The van der Waals surface area contributed by atoms with Crippen molar-refractivity contribution in [3.05, 3.63) is 110 Å². The van der Waals surface area contributed by atoms with E-state index in [1.165, 1.54) is 30.3 Å². The first-order chi connectivity index (χ1) is 15.6. The van der Waals surface area contributed by atoms with E-state index in [2.05, 4.69) is 10.6 Å². The van der Waals surface area contributed by atoms with Crippen molar-refractivity contribution in [2.24, 2.45) is 0 Å². The third-order valence-electron chi connectivity index (χ3n) is 4.69. The Morgan fingerprint density at radius 1 is 1.06 bits per heavy atom. The zero-order valence-corrected chi connectivity index (χ0v) is 18.4. The van der Waals surface area contributed by atoms with Gasteiger partial charge in [0.15, 0.2) is 0 Å². The predicted molar refractivity (Wildman–Crippen MR) is 124 cm³/mol. The van der Waals surface area contributed by atoms with Crippen LogP contribution in [-0.4, -0.2) is 16.7 Å². The van der Waals surface area contributed by atoms with Crippen molar-refractivity contribution in [3.63, 3.8) is 0 Å². The van der Waals surface area contributed by atoms with E-state index in [0.29, 0.717) is 11.3 Å². The Morgan fingerprint density at radius 2 is 1.82 bits per heavy atom. The molecule has 168 valence electrons. The number of hydrogen-bond acceptors (Lipinski definition) is 4. The van der Waals surface area contributed by atoms with Crippen molar-refractivity contribution in [1.29, 1.82) is 0 Å². The highest BCUT2D eigenvalue weighted by Crippen LogP contribution is 2.21. The molecule has 3 rings (SSSR count). The van der Waals surface area contributed by atoms with Crippen LogP contribution in [0, 0.1) is 29.8 Å². The molecule has 0 bridgehead atoms. The van der Waals surface area contributed by atoms with Gasteiger partial charge in [-0.3, -0.25) is 19.7 Å². The monoisotopic (exact) mass is 467 g/mol. The highest BCUT2D eigenvalue weighted by atomic mass is 35.5. The van der Waals surface area contributed by atoms with Crippen LogP contribution in [0.4, 0.5) is 15.8 Å². The molecule has 33 heavy (non-hydrogen) atoms. The Bertz CT molecular complexity index is 1290. The molecule has 3 aromatic rings. The summed E-state index contributed by atoms with van der Waals surface area (Å²) in [4.78, 5) is 36.4. The summed E-state index contributed by atoms with van der Waals surface area (Å²) in [5, 5.41) is 16.2. The molecule has 7 nitrogen and oxygen atoms in total. The Balaban J connectivity index is 1.98. The third kappa shape index (κ3) is 6.02. The second-order valence-corrected chi connectivity index (χ2v) is 7.67. The van der Waals surface area contributed by atoms with Crippen LogP contribution in [0.15, 0.2) is 66.4 Å². The molecule has 0 aliphatic heterocycles. The van der Waals surface area contributed by atoms with E-state index < -0.39 is 22.6 Å². The number of nitrogens with one attached hydrogen (secondary N) is 2. The number of nitro groups is 1. The molecular formula is C24H19ClFN3O4. The molecule has 0 fully saturated rings. The number of anilines is 1. The maximum Gasteiger partial charge on any atom is 0.272 e. The lowest BCUT2D eigenvalue weighted by molar-refractivity contribution is -0.384. The largest absolute Gasteiger partial charge is 0.320 e. The third-order valence-corrected chi connectivity index (χ3v) is 5.00. The first-order valence-corrected chi connectivity index (χ1v) is 10.1. The lowest BCUT2D eigenvalue weighted by Crippen LogP contribution is -2.31. The van der Waals surface area contributed by atoms with Crippen LogP contribution in [0.2, 0.25) is 5.02 Å². The Morgan fingerprint density at radius 3 is 2.48 bits per heavy atom. The van der Waals surface area contributed by atoms with E-state index in [1.807, 2.05) is 26.0 Å². The summed E-state index contributed by atoms with van der Waals surface area (Å²) < 4.78 is 13.4. The molecule has 2 N–H and O–H groups in total.